The lowest BCUT2D eigenvalue weighted by atomic mass is 10.3. The highest BCUT2D eigenvalue weighted by atomic mass is 16.2. The topological polar surface area (TPSA) is 99.2 Å². The van der Waals surface area contributed by atoms with Gasteiger partial charge in [0.05, 0.1) is 6.54 Å². The van der Waals surface area contributed by atoms with E-state index in [1.807, 2.05) is 0 Å². The monoisotopic (exact) mass is 278 g/mol. The molecule has 1 aliphatic rings. The predicted octanol–water partition coefficient (Wildman–Crippen LogP) is -1.32. The van der Waals surface area contributed by atoms with Crippen LogP contribution in [-0.2, 0) is 4.79 Å². The summed E-state index contributed by atoms with van der Waals surface area (Å²) in [5, 5.41) is 16.2. The van der Waals surface area contributed by atoms with Crippen molar-refractivity contribution in [3.8, 4) is 0 Å². The summed E-state index contributed by atoms with van der Waals surface area (Å²) in [7, 11) is 1.53. The Kier molecular flexibility index (Phi) is 4.83. The number of amides is 2. The SMILES string of the molecule is CNC(=O)c1ccc(NCC(=O)N2CCNCC2)nn1. The smallest absolute Gasteiger partial charge is 0.271 e. The molecular weight excluding hydrogens is 260 g/mol. The Morgan fingerprint density at radius 3 is 2.65 bits per heavy atom. The molecule has 2 amide bonds. The van der Waals surface area contributed by atoms with Crippen LogP contribution in [0.5, 0.6) is 0 Å². The van der Waals surface area contributed by atoms with Crippen molar-refractivity contribution < 1.29 is 9.59 Å². The average molecular weight is 278 g/mol. The highest BCUT2D eigenvalue weighted by Crippen LogP contribution is 2.02. The fourth-order valence-corrected chi connectivity index (χ4v) is 1.87. The van der Waals surface area contributed by atoms with E-state index in [1.54, 1.807) is 17.0 Å². The Bertz CT molecular complexity index is 469. The van der Waals surface area contributed by atoms with Gasteiger partial charge in [-0.2, -0.15) is 0 Å². The van der Waals surface area contributed by atoms with Gasteiger partial charge in [0, 0.05) is 33.2 Å². The molecule has 0 saturated carbocycles. The Morgan fingerprint density at radius 1 is 1.30 bits per heavy atom. The Morgan fingerprint density at radius 2 is 2.05 bits per heavy atom. The molecule has 0 radical (unpaired) electrons. The molecule has 1 saturated heterocycles. The molecule has 0 spiro atoms. The molecule has 0 atom stereocenters. The first-order valence-electron chi connectivity index (χ1n) is 6.49. The Balaban J connectivity index is 1.84. The molecule has 1 fully saturated rings. The number of piperazine rings is 1. The maximum atomic E-state index is 11.9. The standard InChI is InChI=1S/C12H18N6O2/c1-13-12(20)9-2-3-10(17-16-9)15-8-11(19)18-6-4-14-5-7-18/h2-3,14H,4-8H2,1H3,(H,13,20)(H,15,17). The van der Waals surface area contributed by atoms with Gasteiger partial charge in [0.1, 0.15) is 5.82 Å². The van der Waals surface area contributed by atoms with E-state index in [4.69, 9.17) is 0 Å². The molecule has 8 nitrogen and oxygen atoms in total. The molecule has 2 heterocycles. The van der Waals surface area contributed by atoms with Crippen LogP contribution in [0.15, 0.2) is 12.1 Å². The second-order valence-corrected chi connectivity index (χ2v) is 4.37. The van der Waals surface area contributed by atoms with Crippen molar-refractivity contribution in [3.05, 3.63) is 17.8 Å². The lowest BCUT2D eigenvalue weighted by Crippen LogP contribution is -2.48. The minimum atomic E-state index is -0.291. The van der Waals surface area contributed by atoms with Gasteiger partial charge in [0.2, 0.25) is 5.91 Å². The molecule has 1 aliphatic heterocycles. The summed E-state index contributed by atoms with van der Waals surface area (Å²) in [6.07, 6.45) is 0. The van der Waals surface area contributed by atoms with E-state index in [1.165, 1.54) is 7.05 Å². The minimum Gasteiger partial charge on any atom is -0.360 e. The van der Waals surface area contributed by atoms with Gasteiger partial charge >= 0.3 is 0 Å². The van der Waals surface area contributed by atoms with Gasteiger partial charge in [0.25, 0.3) is 5.91 Å². The van der Waals surface area contributed by atoms with Crippen molar-refractivity contribution >= 4 is 17.6 Å². The van der Waals surface area contributed by atoms with Crippen LogP contribution in [0.1, 0.15) is 10.5 Å². The quantitative estimate of drug-likeness (QED) is 0.632. The zero-order chi connectivity index (χ0) is 14.4. The summed E-state index contributed by atoms with van der Waals surface area (Å²) >= 11 is 0. The highest BCUT2D eigenvalue weighted by Gasteiger charge is 2.15. The van der Waals surface area contributed by atoms with E-state index in [0.29, 0.717) is 5.82 Å². The Hall–Kier alpha value is -2.22. The van der Waals surface area contributed by atoms with Crippen molar-refractivity contribution in [2.45, 2.75) is 0 Å². The van der Waals surface area contributed by atoms with E-state index < -0.39 is 0 Å². The second-order valence-electron chi connectivity index (χ2n) is 4.37. The molecule has 0 unspecified atom stereocenters. The Labute approximate surface area is 116 Å². The van der Waals surface area contributed by atoms with Crippen LogP contribution in [0.25, 0.3) is 0 Å². The lowest BCUT2D eigenvalue weighted by Gasteiger charge is -2.27. The van der Waals surface area contributed by atoms with Crippen molar-refractivity contribution in [2.75, 3.05) is 45.1 Å². The maximum Gasteiger partial charge on any atom is 0.271 e. The first-order valence-corrected chi connectivity index (χ1v) is 6.49. The summed E-state index contributed by atoms with van der Waals surface area (Å²) < 4.78 is 0. The van der Waals surface area contributed by atoms with Gasteiger partial charge in [-0.05, 0) is 12.1 Å². The zero-order valence-electron chi connectivity index (χ0n) is 11.3. The predicted molar refractivity (Wildman–Crippen MR) is 73.4 cm³/mol. The van der Waals surface area contributed by atoms with E-state index in [2.05, 4.69) is 26.1 Å². The largest absolute Gasteiger partial charge is 0.360 e. The molecule has 0 aliphatic carbocycles. The normalized spacial score (nSPS) is 14.8. The number of hydrogen-bond acceptors (Lipinski definition) is 6. The molecule has 1 aromatic heterocycles. The first kappa shape index (κ1) is 14.2. The number of hydrogen-bond donors (Lipinski definition) is 3. The number of nitrogens with zero attached hydrogens (tertiary/aromatic N) is 3. The van der Waals surface area contributed by atoms with Crippen LogP contribution in [0.3, 0.4) is 0 Å². The third-order valence-electron chi connectivity index (χ3n) is 3.01. The third-order valence-corrected chi connectivity index (χ3v) is 3.01. The van der Waals surface area contributed by atoms with Crippen LogP contribution in [-0.4, -0.2) is 66.7 Å². The van der Waals surface area contributed by atoms with E-state index in [9.17, 15) is 9.59 Å². The highest BCUT2D eigenvalue weighted by molar-refractivity contribution is 5.91. The van der Waals surface area contributed by atoms with Gasteiger partial charge in [-0.1, -0.05) is 0 Å². The van der Waals surface area contributed by atoms with Crippen molar-refractivity contribution in [1.82, 2.24) is 25.7 Å². The number of carbonyl (C=O) groups is 2. The number of rotatable bonds is 4. The fourth-order valence-electron chi connectivity index (χ4n) is 1.87. The van der Waals surface area contributed by atoms with Crippen molar-refractivity contribution in [2.24, 2.45) is 0 Å². The summed E-state index contributed by atoms with van der Waals surface area (Å²) in [6, 6.07) is 3.19. The maximum absolute atomic E-state index is 11.9. The summed E-state index contributed by atoms with van der Waals surface area (Å²) in [5.74, 6) is 0.214. The van der Waals surface area contributed by atoms with Crippen LogP contribution >= 0.6 is 0 Å². The second kappa shape index (κ2) is 6.80. The van der Waals surface area contributed by atoms with E-state index >= 15 is 0 Å². The van der Waals surface area contributed by atoms with Crippen LogP contribution < -0.4 is 16.0 Å². The third kappa shape index (κ3) is 3.64. The van der Waals surface area contributed by atoms with E-state index in [0.717, 1.165) is 26.2 Å². The molecule has 0 aromatic carbocycles. The van der Waals surface area contributed by atoms with Crippen molar-refractivity contribution in [3.63, 3.8) is 0 Å². The first-order chi connectivity index (χ1) is 9.70. The van der Waals surface area contributed by atoms with Gasteiger partial charge in [-0.15, -0.1) is 10.2 Å². The van der Waals surface area contributed by atoms with Gasteiger partial charge < -0.3 is 20.9 Å². The zero-order valence-corrected chi connectivity index (χ0v) is 11.3. The van der Waals surface area contributed by atoms with Gasteiger partial charge in [0.15, 0.2) is 5.69 Å². The summed E-state index contributed by atoms with van der Waals surface area (Å²) in [6.45, 7) is 3.27. The molecule has 0 bridgehead atoms. The number of aromatic nitrogens is 2. The molecule has 2 rings (SSSR count). The van der Waals surface area contributed by atoms with Gasteiger partial charge in [-0.3, -0.25) is 9.59 Å². The average Bonchev–Trinajstić information content (AvgIpc) is 2.53. The molecule has 3 N–H and O–H groups in total. The van der Waals surface area contributed by atoms with Crippen LogP contribution in [0, 0.1) is 0 Å². The van der Waals surface area contributed by atoms with Gasteiger partial charge in [-0.25, -0.2) is 0 Å². The molecule has 20 heavy (non-hydrogen) atoms. The van der Waals surface area contributed by atoms with Crippen LogP contribution in [0.2, 0.25) is 0 Å². The molecule has 8 heteroatoms. The van der Waals surface area contributed by atoms with E-state index in [-0.39, 0.29) is 24.1 Å². The minimum absolute atomic E-state index is 0.0312. The lowest BCUT2D eigenvalue weighted by molar-refractivity contribution is -0.129. The molecule has 1 aromatic rings. The number of anilines is 1. The summed E-state index contributed by atoms with van der Waals surface area (Å²) in [4.78, 5) is 25.0. The van der Waals surface area contributed by atoms with Crippen molar-refractivity contribution in [1.29, 1.82) is 0 Å². The molecular formula is C12H18N6O2. The molecule has 108 valence electrons. The fraction of sp³-hybridized carbons (Fsp3) is 0.500. The van der Waals surface area contributed by atoms with Crippen LogP contribution in [0.4, 0.5) is 5.82 Å². The number of carbonyl (C=O) groups excluding carboxylic acids is 2. The number of nitrogens with one attached hydrogen (secondary N) is 3. The summed E-state index contributed by atoms with van der Waals surface area (Å²) in [5.41, 5.74) is 0.242.